The quantitative estimate of drug-likeness (QED) is 0.899. The zero-order valence-corrected chi connectivity index (χ0v) is 13.6. The fourth-order valence-corrected chi connectivity index (χ4v) is 2.38. The van der Waals surface area contributed by atoms with E-state index in [1.165, 1.54) is 11.0 Å². The van der Waals surface area contributed by atoms with Crippen LogP contribution in [0.5, 0.6) is 0 Å². The van der Waals surface area contributed by atoms with Crippen LogP contribution in [0.15, 0.2) is 18.2 Å². The normalized spacial score (nSPS) is 15.8. The molecule has 1 aromatic rings. The van der Waals surface area contributed by atoms with E-state index in [-0.39, 0.29) is 42.2 Å². The minimum Gasteiger partial charge on any atom is -0.339 e. The Bertz CT molecular complexity index is 576. The van der Waals surface area contributed by atoms with Crippen molar-refractivity contribution >= 4 is 24.2 Å². The van der Waals surface area contributed by atoms with Gasteiger partial charge < -0.3 is 15.5 Å². The van der Waals surface area contributed by atoms with Gasteiger partial charge in [0.05, 0.1) is 0 Å². The van der Waals surface area contributed by atoms with Crippen LogP contribution in [0.25, 0.3) is 0 Å². The molecule has 0 radical (unpaired) electrons. The predicted octanol–water partition coefficient (Wildman–Crippen LogP) is 1.41. The summed E-state index contributed by atoms with van der Waals surface area (Å²) in [6.45, 7) is 3.33. The number of carbonyl (C=O) groups is 2. The first-order valence-electron chi connectivity index (χ1n) is 7.16. The first kappa shape index (κ1) is 19.3. The fraction of sp³-hybridized carbons (Fsp3) is 0.467. The van der Waals surface area contributed by atoms with Crippen molar-refractivity contribution in [2.75, 3.05) is 26.2 Å². The molecule has 8 heteroatoms. The fourth-order valence-electron chi connectivity index (χ4n) is 2.38. The molecular formula is C15H20ClF2N3O2. The van der Waals surface area contributed by atoms with Gasteiger partial charge in [0, 0.05) is 44.2 Å². The average molecular weight is 348 g/mol. The van der Waals surface area contributed by atoms with Gasteiger partial charge >= 0.3 is 0 Å². The van der Waals surface area contributed by atoms with Crippen LogP contribution in [-0.4, -0.2) is 53.8 Å². The van der Waals surface area contributed by atoms with E-state index in [9.17, 15) is 18.4 Å². The second-order valence-electron chi connectivity index (χ2n) is 5.48. The zero-order valence-electron chi connectivity index (χ0n) is 12.8. The summed E-state index contributed by atoms with van der Waals surface area (Å²) in [5, 5.41) is 0. The Kier molecular flexibility index (Phi) is 6.90. The van der Waals surface area contributed by atoms with Gasteiger partial charge in [0.2, 0.25) is 5.91 Å². The van der Waals surface area contributed by atoms with E-state index in [1.54, 1.807) is 11.8 Å². The molecule has 1 atom stereocenters. The van der Waals surface area contributed by atoms with Crippen molar-refractivity contribution < 1.29 is 18.4 Å². The van der Waals surface area contributed by atoms with Crippen LogP contribution in [0.2, 0.25) is 0 Å². The van der Waals surface area contributed by atoms with Gasteiger partial charge in [-0.25, -0.2) is 8.78 Å². The lowest BCUT2D eigenvalue weighted by molar-refractivity contribution is -0.132. The second kappa shape index (κ2) is 8.21. The summed E-state index contributed by atoms with van der Waals surface area (Å²) in [5.74, 6) is -2.42. The summed E-state index contributed by atoms with van der Waals surface area (Å²) in [4.78, 5) is 27.3. The molecule has 2 amide bonds. The van der Waals surface area contributed by atoms with Gasteiger partial charge in [-0.3, -0.25) is 9.59 Å². The van der Waals surface area contributed by atoms with E-state index in [1.807, 2.05) is 0 Å². The second-order valence-corrected chi connectivity index (χ2v) is 5.48. The highest BCUT2D eigenvalue weighted by Gasteiger charge is 2.25. The number of hydrogen-bond donors (Lipinski definition) is 1. The van der Waals surface area contributed by atoms with Crippen molar-refractivity contribution in [1.82, 2.24) is 9.80 Å². The Balaban J connectivity index is 0.00000264. The number of carbonyl (C=O) groups excluding carboxylic acids is 2. The van der Waals surface area contributed by atoms with Crippen LogP contribution < -0.4 is 5.73 Å². The largest absolute Gasteiger partial charge is 0.339 e. The minimum absolute atomic E-state index is 0. The third kappa shape index (κ3) is 4.87. The van der Waals surface area contributed by atoms with E-state index < -0.39 is 11.6 Å². The van der Waals surface area contributed by atoms with Gasteiger partial charge in [-0.15, -0.1) is 12.4 Å². The lowest BCUT2D eigenvalue weighted by atomic mass is 10.1. The maximum absolute atomic E-state index is 13.2. The van der Waals surface area contributed by atoms with Gasteiger partial charge in [-0.2, -0.15) is 0 Å². The predicted molar refractivity (Wildman–Crippen MR) is 84.4 cm³/mol. The van der Waals surface area contributed by atoms with E-state index in [0.29, 0.717) is 26.2 Å². The standard InChI is InChI=1S/C15H19F2N3O2.ClH/c1-10(18)8-14(21)19-4-6-20(7-5-19)15(22)11-2-3-12(16)13(17)9-11;/h2-3,9-10H,4-8,18H2,1H3;1H. The lowest BCUT2D eigenvalue weighted by Crippen LogP contribution is -2.51. The number of hydrogen-bond acceptors (Lipinski definition) is 3. The molecule has 1 saturated heterocycles. The number of nitrogens with zero attached hydrogens (tertiary/aromatic N) is 2. The van der Waals surface area contributed by atoms with Crippen LogP contribution in [0.1, 0.15) is 23.7 Å². The average Bonchev–Trinajstić information content (AvgIpc) is 2.49. The number of rotatable bonds is 3. The molecule has 0 spiro atoms. The van der Waals surface area contributed by atoms with Gasteiger partial charge in [0.15, 0.2) is 11.6 Å². The van der Waals surface area contributed by atoms with Crippen molar-refractivity contribution in [2.24, 2.45) is 5.73 Å². The Hall–Kier alpha value is -1.73. The summed E-state index contributed by atoms with van der Waals surface area (Å²) in [6, 6.07) is 2.89. The smallest absolute Gasteiger partial charge is 0.254 e. The molecule has 1 aliphatic heterocycles. The molecule has 128 valence electrons. The lowest BCUT2D eigenvalue weighted by Gasteiger charge is -2.35. The van der Waals surface area contributed by atoms with E-state index >= 15 is 0 Å². The van der Waals surface area contributed by atoms with E-state index in [2.05, 4.69) is 0 Å². The first-order chi connectivity index (χ1) is 10.4. The highest BCUT2D eigenvalue weighted by molar-refractivity contribution is 5.94. The maximum atomic E-state index is 13.2. The monoisotopic (exact) mass is 347 g/mol. The van der Waals surface area contributed by atoms with Crippen molar-refractivity contribution in [3.8, 4) is 0 Å². The van der Waals surface area contributed by atoms with Crippen LogP contribution in [0.4, 0.5) is 8.78 Å². The topological polar surface area (TPSA) is 66.6 Å². The molecule has 2 rings (SSSR count). The van der Waals surface area contributed by atoms with Crippen LogP contribution in [0.3, 0.4) is 0 Å². The summed E-state index contributed by atoms with van der Waals surface area (Å²) in [7, 11) is 0. The number of halogens is 3. The Morgan fingerprint density at radius 1 is 1.13 bits per heavy atom. The van der Waals surface area contributed by atoms with Gasteiger partial charge in [0.1, 0.15) is 0 Å². The summed E-state index contributed by atoms with van der Waals surface area (Å²) < 4.78 is 26.1. The van der Waals surface area contributed by atoms with E-state index in [4.69, 9.17) is 5.73 Å². The van der Waals surface area contributed by atoms with Crippen molar-refractivity contribution in [3.05, 3.63) is 35.4 Å². The van der Waals surface area contributed by atoms with Crippen LogP contribution in [-0.2, 0) is 4.79 Å². The molecule has 1 aromatic carbocycles. The minimum atomic E-state index is -1.04. The van der Waals surface area contributed by atoms with Gasteiger partial charge in [-0.1, -0.05) is 0 Å². The van der Waals surface area contributed by atoms with Crippen LogP contribution in [0, 0.1) is 11.6 Å². The van der Waals surface area contributed by atoms with Crippen molar-refractivity contribution in [1.29, 1.82) is 0 Å². The van der Waals surface area contributed by atoms with Crippen molar-refractivity contribution in [2.45, 2.75) is 19.4 Å². The number of piperazine rings is 1. The summed E-state index contributed by atoms with van der Waals surface area (Å²) in [6.07, 6.45) is 0.275. The molecule has 1 unspecified atom stereocenters. The molecular weight excluding hydrogens is 328 g/mol. The van der Waals surface area contributed by atoms with Gasteiger partial charge in [-0.05, 0) is 25.1 Å². The molecule has 1 aliphatic rings. The highest BCUT2D eigenvalue weighted by atomic mass is 35.5. The number of nitrogens with two attached hydrogens (primary N) is 1. The number of amides is 2. The molecule has 0 aromatic heterocycles. The maximum Gasteiger partial charge on any atom is 0.254 e. The van der Waals surface area contributed by atoms with E-state index in [0.717, 1.165) is 12.1 Å². The molecule has 23 heavy (non-hydrogen) atoms. The zero-order chi connectivity index (χ0) is 16.3. The molecule has 0 saturated carbocycles. The third-order valence-corrected chi connectivity index (χ3v) is 3.58. The molecule has 2 N–H and O–H groups in total. The van der Waals surface area contributed by atoms with Gasteiger partial charge in [0.25, 0.3) is 5.91 Å². The molecule has 0 bridgehead atoms. The Morgan fingerprint density at radius 3 is 2.22 bits per heavy atom. The van der Waals surface area contributed by atoms with Crippen molar-refractivity contribution in [3.63, 3.8) is 0 Å². The summed E-state index contributed by atoms with van der Waals surface area (Å²) in [5.41, 5.74) is 5.71. The molecule has 5 nitrogen and oxygen atoms in total. The first-order valence-corrected chi connectivity index (χ1v) is 7.16. The third-order valence-electron chi connectivity index (χ3n) is 3.58. The Labute approximate surface area is 139 Å². The summed E-state index contributed by atoms with van der Waals surface area (Å²) >= 11 is 0. The molecule has 1 fully saturated rings. The number of benzene rings is 1. The highest BCUT2D eigenvalue weighted by Crippen LogP contribution is 2.13. The van der Waals surface area contributed by atoms with Crippen LogP contribution >= 0.6 is 12.4 Å². The molecule has 1 heterocycles. The SMILES string of the molecule is CC(N)CC(=O)N1CCN(C(=O)c2ccc(F)c(F)c2)CC1.Cl. The molecule has 0 aliphatic carbocycles. The Morgan fingerprint density at radius 2 is 1.70 bits per heavy atom.